The Labute approximate surface area is 178 Å². The van der Waals surface area contributed by atoms with Crippen LogP contribution >= 0.6 is 33.9 Å². The van der Waals surface area contributed by atoms with Crippen LogP contribution in [0.25, 0.3) is 11.3 Å². The van der Waals surface area contributed by atoms with Crippen LogP contribution in [0.2, 0.25) is 0 Å². The lowest BCUT2D eigenvalue weighted by Gasteiger charge is -2.18. The molecule has 0 atom stereocenters. The van der Waals surface area contributed by atoms with Crippen molar-refractivity contribution in [1.82, 2.24) is 9.29 Å². The predicted molar refractivity (Wildman–Crippen MR) is 120 cm³/mol. The van der Waals surface area contributed by atoms with Gasteiger partial charge in [-0.1, -0.05) is 38.1 Å². The van der Waals surface area contributed by atoms with Crippen molar-refractivity contribution < 1.29 is 8.42 Å². The van der Waals surface area contributed by atoms with Gasteiger partial charge in [-0.15, -0.1) is 11.3 Å². The molecule has 0 aliphatic rings. The molecule has 3 aromatic rings. The van der Waals surface area contributed by atoms with E-state index in [-0.39, 0.29) is 0 Å². The third-order valence-electron chi connectivity index (χ3n) is 4.29. The molecule has 0 fully saturated rings. The maximum Gasteiger partial charge on any atom is 0.243 e. The molecule has 1 aromatic heterocycles. The quantitative estimate of drug-likeness (QED) is 0.417. The molecule has 3 rings (SSSR count). The molecule has 0 aliphatic carbocycles. The molecule has 0 N–H and O–H groups in total. The molecule has 0 bridgehead atoms. The zero-order chi connectivity index (χ0) is 19.4. The summed E-state index contributed by atoms with van der Waals surface area (Å²) in [5.41, 5.74) is 3.05. The van der Waals surface area contributed by atoms with Gasteiger partial charge in [0, 0.05) is 34.0 Å². The number of nitrogens with zero attached hydrogens (tertiary/aromatic N) is 2. The van der Waals surface area contributed by atoms with Crippen LogP contribution in [-0.2, 0) is 16.4 Å². The molecule has 0 amide bonds. The number of aromatic nitrogens is 1. The van der Waals surface area contributed by atoms with E-state index < -0.39 is 10.0 Å². The SMILES string of the molecule is CCN(CC)S(=O)(=O)c1ccc(-c2csc(Cc3cccc(I)c3)n2)cc1. The maximum absolute atomic E-state index is 12.6. The van der Waals surface area contributed by atoms with Gasteiger partial charge in [-0.3, -0.25) is 0 Å². The molecule has 0 radical (unpaired) electrons. The number of hydrogen-bond donors (Lipinski definition) is 0. The van der Waals surface area contributed by atoms with Gasteiger partial charge in [0.05, 0.1) is 15.6 Å². The lowest BCUT2D eigenvalue weighted by Crippen LogP contribution is -2.30. The van der Waals surface area contributed by atoms with Crippen LogP contribution in [0.4, 0.5) is 0 Å². The highest BCUT2D eigenvalue weighted by Crippen LogP contribution is 2.26. The normalized spacial score (nSPS) is 11.9. The van der Waals surface area contributed by atoms with Gasteiger partial charge in [0.2, 0.25) is 10.0 Å². The summed E-state index contributed by atoms with van der Waals surface area (Å²) in [5.74, 6) is 0. The minimum atomic E-state index is -3.42. The smallest absolute Gasteiger partial charge is 0.241 e. The zero-order valence-electron chi connectivity index (χ0n) is 15.2. The Morgan fingerprint density at radius 1 is 1.07 bits per heavy atom. The van der Waals surface area contributed by atoms with Crippen LogP contribution in [-0.4, -0.2) is 30.8 Å². The monoisotopic (exact) mass is 512 g/mol. The maximum atomic E-state index is 12.6. The Kier molecular flexibility index (Phi) is 6.67. The van der Waals surface area contributed by atoms with Crippen LogP contribution in [0.15, 0.2) is 58.8 Å². The Hall–Kier alpha value is -1.29. The fourth-order valence-electron chi connectivity index (χ4n) is 2.86. The summed E-state index contributed by atoms with van der Waals surface area (Å²) in [4.78, 5) is 5.04. The van der Waals surface area contributed by atoms with Crippen molar-refractivity contribution >= 4 is 44.0 Å². The molecule has 0 aliphatic heterocycles. The molecule has 7 heteroatoms. The molecule has 142 valence electrons. The lowest BCUT2D eigenvalue weighted by atomic mass is 10.1. The Morgan fingerprint density at radius 3 is 2.41 bits per heavy atom. The van der Waals surface area contributed by atoms with Gasteiger partial charge < -0.3 is 0 Å². The van der Waals surface area contributed by atoms with Crippen molar-refractivity contribution in [1.29, 1.82) is 0 Å². The summed E-state index contributed by atoms with van der Waals surface area (Å²) >= 11 is 3.94. The van der Waals surface area contributed by atoms with E-state index in [1.807, 2.05) is 31.4 Å². The average molecular weight is 512 g/mol. The summed E-state index contributed by atoms with van der Waals surface area (Å²) in [6.07, 6.45) is 0.802. The van der Waals surface area contributed by atoms with E-state index >= 15 is 0 Å². The standard InChI is InChI=1S/C20H21IN2O2S2/c1-3-23(4-2)27(24,25)18-10-8-16(9-11-18)19-14-26-20(22-19)13-15-6-5-7-17(21)12-15/h5-12,14H,3-4,13H2,1-2H3. The summed E-state index contributed by atoms with van der Waals surface area (Å²) in [5, 5.41) is 3.07. The van der Waals surface area contributed by atoms with E-state index in [0.717, 1.165) is 22.7 Å². The van der Waals surface area contributed by atoms with Crippen molar-refractivity contribution in [3.05, 3.63) is 68.1 Å². The molecule has 0 unspecified atom stereocenters. The van der Waals surface area contributed by atoms with Crippen LogP contribution in [0.3, 0.4) is 0 Å². The van der Waals surface area contributed by atoms with Crippen molar-refractivity contribution in [3.8, 4) is 11.3 Å². The Bertz CT molecular complexity index is 1010. The molecule has 0 spiro atoms. The second-order valence-electron chi connectivity index (χ2n) is 6.05. The van der Waals surface area contributed by atoms with Crippen molar-refractivity contribution in [2.75, 3.05) is 13.1 Å². The molecule has 27 heavy (non-hydrogen) atoms. The highest BCUT2D eigenvalue weighted by Gasteiger charge is 2.21. The highest BCUT2D eigenvalue weighted by atomic mass is 127. The Balaban J connectivity index is 1.79. The minimum absolute atomic E-state index is 0.323. The second kappa shape index (κ2) is 8.81. The number of thiazole rings is 1. The van der Waals surface area contributed by atoms with Gasteiger partial charge in [-0.05, 0) is 52.4 Å². The first-order chi connectivity index (χ1) is 12.9. The van der Waals surface area contributed by atoms with Gasteiger partial charge >= 0.3 is 0 Å². The Morgan fingerprint density at radius 2 is 1.78 bits per heavy atom. The molecular formula is C20H21IN2O2S2. The molecule has 0 saturated carbocycles. The second-order valence-corrected chi connectivity index (χ2v) is 10.2. The van der Waals surface area contributed by atoms with Gasteiger partial charge in [-0.2, -0.15) is 4.31 Å². The number of hydrogen-bond acceptors (Lipinski definition) is 4. The van der Waals surface area contributed by atoms with Crippen molar-refractivity contribution in [3.63, 3.8) is 0 Å². The molecule has 2 aromatic carbocycles. The van der Waals surface area contributed by atoms with E-state index in [9.17, 15) is 8.42 Å². The summed E-state index contributed by atoms with van der Waals surface area (Å²) in [6, 6.07) is 15.4. The van der Waals surface area contributed by atoms with E-state index in [2.05, 4.69) is 46.9 Å². The lowest BCUT2D eigenvalue weighted by molar-refractivity contribution is 0.445. The van der Waals surface area contributed by atoms with Gasteiger partial charge in [0.15, 0.2) is 0 Å². The zero-order valence-corrected chi connectivity index (χ0v) is 19.0. The molecule has 4 nitrogen and oxygen atoms in total. The van der Waals surface area contributed by atoms with Crippen LogP contribution in [0, 0.1) is 3.57 Å². The van der Waals surface area contributed by atoms with E-state index in [4.69, 9.17) is 4.98 Å². The number of sulfonamides is 1. The third-order valence-corrected chi connectivity index (χ3v) is 7.87. The fraction of sp³-hybridized carbons (Fsp3) is 0.250. The van der Waals surface area contributed by atoms with Gasteiger partial charge in [0.1, 0.15) is 0 Å². The van der Waals surface area contributed by atoms with Crippen molar-refractivity contribution in [2.24, 2.45) is 0 Å². The first-order valence-electron chi connectivity index (χ1n) is 8.73. The predicted octanol–water partition coefficient (Wildman–Crippen LogP) is 5.04. The molecule has 1 heterocycles. The van der Waals surface area contributed by atoms with Crippen molar-refractivity contribution in [2.45, 2.75) is 25.2 Å². The largest absolute Gasteiger partial charge is 0.243 e. The van der Waals surface area contributed by atoms with Gasteiger partial charge in [-0.25, -0.2) is 13.4 Å². The first kappa shape index (κ1) is 20.4. The van der Waals surface area contributed by atoms with E-state index in [0.29, 0.717) is 18.0 Å². The van der Waals surface area contributed by atoms with Crippen LogP contribution < -0.4 is 0 Å². The van der Waals surface area contributed by atoms with E-state index in [1.54, 1.807) is 23.5 Å². The summed E-state index contributed by atoms with van der Waals surface area (Å²) < 4.78 is 27.9. The molecular weight excluding hydrogens is 491 g/mol. The summed E-state index contributed by atoms with van der Waals surface area (Å²) in [7, 11) is -3.42. The minimum Gasteiger partial charge on any atom is -0.241 e. The van der Waals surface area contributed by atoms with Crippen LogP contribution in [0.1, 0.15) is 24.4 Å². The first-order valence-corrected chi connectivity index (χ1v) is 12.1. The van der Waals surface area contributed by atoms with Crippen LogP contribution in [0.5, 0.6) is 0 Å². The number of halogens is 1. The third kappa shape index (κ3) is 4.77. The van der Waals surface area contributed by atoms with Gasteiger partial charge in [0.25, 0.3) is 0 Å². The topological polar surface area (TPSA) is 50.3 Å². The number of rotatable bonds is 7. The number of benzene rings is 2. The average Bonchev–Trinajstić information content (AvgIpc) is 3.11. The fourth-order valence-corrected chi connectivity index (χ4v) is 5.76. The van der Waals surface area contributed by atoms with E-state index in [1.165, 1.54) is 13.4 Å². The molecule has 0 saturated heterocycles. The summed E-state index contributed by atoms with van der Waals surface area (Å²) in [6.45, 7) is 4.63. The highest BCUT2D eigenvalue weighted by molar-refractivity contribution is 14.1.